The number of aromatic nitrogens is 2. The summed E-state index contributed by atoms with van der Waals surface area (Å²) in [5.41, 5.74) is 2.08. The van der Waals surface area contributed by atoms with Crippen molar-refractivity contribution in [3.8, 4) is 5.69 Å². The van der Waals surface area contributed by atoms with Crippen molar-refractivity contribution in [1.82, 2.24) is 9.55 Å². The van der Waals surface area contributed by atoms with Crippen LogP contribution in [0.2, 0.25) is 0 Å². The molecular formula is C13H12N2OS. The van der Waals surface area contributed by atoms with Crippen molar-refractivity contribution in [3.63, 3.8) is 0 Å². The van der Waals surface area contributed by atoms with Gasteiger partial charge < -0.3 is 9.78 Å². The number of allylic oxidation sites excluding steroid dienone is 1. The van der Waals surface area contributed by atoms with Gasteiger partial charge in [-0.1, -0.05) is 24.3 Å². The summed E-state index contributed by atoms with van der Waals surface area (Å²) in [4.78, 5) is 13.1. The van der Waals surface area contributed by atoms with E-state index in [-0.39, 0.29) is 0 Å². The summed E-state index contributed by atoms with van der Waals surface area (Å²) in [6, 6.07) is 7.96. The first kappa shape index (κ1) is 11.5. The zero-order chi connectivity index (χ0) is 12.1. The summed E-state index contributed by atoms with van der Waals surface area (Å²) < 4.78 is 2.57. The number of hydrogen-bond acceptors (Lipinski definition) is 2. The number of aldehydes is 1. The number of carbonyl (C=O) groups excluding carboxylic acids is 1. The van der Waals surface area contributed by atoms with E-state index in [0.29, 0.717) is 11.2 Å². The van der Waals surface area contributed by atoms with Gasteiger partial charge in [0.1, 0.15) is 6.29 Å². The number of nitrogens with one attached hydrogen (secondary N) is 1. The lowest BCUT2D eigenvalue weighted by molar-refractivity contribution is -0.107. The predicted octanol–water partition coefficient (Wildman–Crippen LogP) is 3.14. The molecule has 0 saturated carbocycles. The van der Waals surface area contributed by atoms with Gasteiger partial charge in [-0.15, -0.1) is 0 Å². The number of aromatic amines is 1. The van der Waals surface area contributed by atoms with E-state index in [2.05, 4.69) is 4.98 Å². The molecule has 0 aliphatic rings. The van der Waals surface area contributed by atoms with Crippen LogP contribution in [0.1, 0.15) is 12.0 Å². The first-order valence-corrected chi connectivity index (χ1v) is 5.69. The largest absolute Gasteiger partial charge is 0.337 e. The molecule has 0 saturated heterocycles. The number of H-pyrrole nitrogens is 1. The second-order valence-corrected chi connectivity index (χ2v) is 3.92. The number of hydrogen-bond donors (Lipinski definition) is 1. The lowest BCUT2D eigenvalue weighted by Crippen LogP contribution is -1.91. The SMILES string of the molecule is O=CCC=Cc1ccc(-n2cc[nH]c2=S)cc1. The maximum atomic E-state index is 10.2. The van der Waals surface area contributed by atoms with E-state index in [0.717, 1.165) is 17.5 Å². The molecule has 2 rings (SSSR count). The highest BCUT2D eigenvalue weighted by Crippen LogP contribution is 2.11. The molecule has 1 N–H and O–H groups in total. The van der Waals surface area contributed by atoms with Gasteiger partial charge in [0.15, 0.2) is 4.77 Å². The predicted molar refractivity (Wildman–Crippen MR) is 70.7 cm³/mol. The molecule has 17 heavy (non-hydrogen) atoms. The Morgan fingerprint density at radius 3 is 2.65 bits per heavy atom. The minimum atomic E-state index is 0.449. The molecule has 86 valence electrons. The van der Waals surface area contributed by atoms with Crippen LogP contribution in [-0.2, 0) is 4.79 Å². The molecule has 1 heterocycles. The van der Waals surface area contributed by atoms with E-state index in [1.54, 1.807) is 6.20 Å². The Morgan fingerprint density at radius 2 is 2.06 bits per heavy atom. The molecule has 2 aromatic rings. The maximum absolute atomic E-state index is 10.2. The smallest absolute Gasteiger partial charge is 0.181 e. The topological polar surface area (TPSA) is 37.8 Å². The number of carbonyl (C=O) groups is 1. The van der Waals surface area contributed by atoms with Crippen LogP contribution >= 0.6 is 12.2 Å². The standard InChI is InChI=1S/C13H12N2OS/c16-10-2-1-3-11-4-6-12(7-5-11)15-9-8-14-13(15)17/h1,3-10H,2H2,(H,14,17). The van der Waals surface area contributed by atoms with Crippen molar-refractivity contribution < 1.29 is 4.79 Å². The van der Waals surface area contributed by atoms with Crippen molar-refractivity contribution in [2.45, 2.75) is 6.42 Å². The highest BCUT2D eigenvalue weighted by atomic mass is 32.1. The van der Waals surface area contributed by atoms with Crippen molar-refractivity contribution in [2.24, 2.45) is 0 Å². The van der Waals surface area contributed by atoms with Crippen LogP contribution in [0.25, 0.3) is 11.8 Å². The van der Waals surface area contributed by atoms with Crippen molar-refractivity contribution >= 4 is 24.6 Å². The quantitative estimate of drug-likeness (QED) is 0.662. The second-order valence-electron chi connectivity index (χ2n) is 3.53. The van der Waals surface area contributed by atoms with Gasteiger partial charge in [0.05, 0.1) is 0 Å². The van der Waals surface area contributed by atoms with E-state index < -0.39 is 0 Å². The third kappa shape index (κ3) is 2.79. The maximum Gasteiger partial charge on any atom is 0.181 e. The van der Waals surface area contributed by atoms with E-state index in [4.69, 9.17) is 12.2 Å². The minimum absolute atomic E-state index is 0.449. The van der Waals surface area contributed by atoms with Crippen LogP contribution in [-0.4, -0.2) is 15.8 Å². The zero-order valence-corrected chi connectivity index (χ0v) is 9.98. The van der Waals surface area contributed by atoms with Crippen molar-refractivity contribution in [2.75, 3.05) is 0 Å². The number of nitrogens with zero attached hydrogens (tertiary/aromatic N) is 1. The highest BCUT2D eigenvalue weighted by molar-refractivity contribution is 7.71. The normalized spacial score (nSPS) is 10.8. The van der Waals surface area contributed by atoms with Crippen LogP contribution in [0.4, 0.5) is 0 Å². The Bertz CT molecular complexity index is 578. The molecular weight excluding hydrogens is 232 g/mol. The molecule has 0 atom stereocenters. The van der Waals surface area contributed by atoms with E-state index in [1.807, 2.05) is 47.2 Å². The molecule has 0 fully saturated rings. The number of benzene rings is 1. The number of imidazole rings is 1. The average molecular weight is 244 g/mol. The Morgan fingerprint density at radius 1 is 1.29 bits per heavy atom. The molecule has 0 radical (unpaired) electrons. The summed E-state index contributed by atoms with van der Waals surface area (Å²) in [5.74, 6) is 0. The third-order valence-corrected chi connectivity index (χ3v) is 2.68. The number of rotatable bonds is 4. The van der Waals surface area contributed by atoms with Gasteiger partial charge in [-0.3, -0.25) is 4.57 Å². The van der Waals surface area contributed by atoms with E-state index in [1.165, 1.54) is 0 Å². The van der Waals surface area contributed by atoms with Gasteiger partial charge in [0, 0.05) is 24.5 Å². The lowest BCUT2D eigenvalue weighted by Gasteiger charge is -2.02. The van der Waals surface area contributed by atoms with Crippen LogP contribution in [0.3, 0.4) is 0 Å². The summed E-state index contributed by atoms with van der Waals surface area (Å²) in [5, 5.41) is 0. The Labute approximate surface area is 104 Å². The molecule has 3 nitrogen and oxygen atoms in total. The fraction of sp³-hybridized carbons (Fsp3) is 0.0769. The fourth-order valence-electron chi connectivity index (χ4n) is 1.53. The molecule has 4 heteroatoms. The molecule has 0 amide bonds. The molecule has 0 unspecified atom stereocenters. The first-order valence-electron chi connectivity index (χ1n) is 5.28. The Balaban J connectivity index is 2.22. The second kappa shape index (κ2) is 5.41. The van der Waals surface area contributed by atoms with Crippen molar-refractivity contribution in [3.05, 3.63) is 53.1 Å². The molecule has 0 bridgehead atoms. The van der Waals surface area contributed by atoms with Gasteiger partial charge in [-0.25, -0.2) is 0 Å². The third-order valence-electron chi connectivity index (χ3n) is 2.36. The zero-order valence-electron chi connectivity index (χ0n) is 9.17. The van der Waals surface area contributed by atoms with Crippen LogP contribution < -0.4 is 0 Å². The van der Waals surface area contributed by atoms with Gasteiger partial charge in [0.25, 0.3) is 0 Å². The Kier molecular flexibility index (Phi) is 3.67. The average Bonchev–Trinajstić information content (AvgIpc) is 2.77. The van der Waals surface area contributed by atoms with Crippen LogP contribution in [0.5, 0.6) is 0 Å². The summed E-state index contributed by atoms with van der Waals surface area (Å²) in [6.45, 7) is 0. The monoisotopic (exact) mass is 244 g/mol. The van der Waals surface area contributed by atoms with Gasteiger partial charge >= 0.3 is 0 Å². The van der Waals surface area contributed by atoms with Gasteiger partial charge in [-0.05, 0) is 29.9 Å². The van der Waals surface area contributed by atoms with Crippen LogP contribution in [0, 0.1) is 4.77 Å². The molecule has 0 spiro atoms. The summed E-state index contributed by atoms with van der Waals surface area (Å²) in [7, 11) is 0. The summed E-state index contributed by atoms with van der Waals surface area (Å²) >= 11 is 5.14. The van der Waals surface area contributed by atoms with E-state index in [9.17, 15) is 4.79 Å². The molecule has 1 aromatic heterocycles. The van der Waals surface area contributed by atoms with Crippen LogP contribution in [0.15, 0.2) is 42.7 Å². The minimum Gasteiger partial charge on any atom is -0.337 e. The van der Waals surface area contributed by atoms with Gasteiger partial charge in [-0.2, -0.15) is 0 Å². The Hall–Kier alpha value is -1.94. The summed E-state index contributed by atoms with van der Waals surface area (Å²) in [6.07, 6.45) is 8.78. The van der Waals surface area contributed by atoms with Gasteiger partial charge in [0.2, 0.25) is 0 Å². The first-order chi connectivity index (χ1) is 8.31. The fourth-order valence-corrected chi connectivity index (χ4v) is 1.76. The lowest BCUT2D eigenvalue weighted by atomic mass is 10.2. The highest BCUT2D eigenvalue weighted by Gasteiger charge is 1.96. The van der Waals surface area contributed by atoms with Crippen molar-refractivity contribution in [1.29, 1.82) is 0 Å². The van der Waals surface area contributed by atoms with E-state index >= 15 is 0 Å². The molecule has 1 aromatic carbocycles. The molecule has 0 aliphatic heterocycles. The molecule has 0 aliphatic carbocycles.